The Morgan fingerprint density at radius 1 is 0.821 bits per heavy atom. The van der Waals surface area contributed by atoms with E-state index in [4.69, 9.17) is 14.2 Å². The van der Waals surface area contributed by atoms with Crippen molar-refractivity contribution in [3.8, 4) is 11.1 Å². The van der Waals surface area contributed by atoms with Gasteiger partial charge in [-0.15, -0.1) is 0 Å². The molecule has 0 radical (unpaired) electrons. The number of likely N-dealkylation sites (tertiary alicyclic amines) is 1. The highest BCUT2D eigenvalue weighted by atomic mass is 16.7. The zero-order valence-corrected chi connectivity index (χ0v) is 31.6. The molecule has 5 aromatic carbocycles. The molecule has 5 aromatic rings. The van der Waals surface area contributed by atoms with E-state index in [2.05, 4.69) is 54.5 Å². The van der Waals surface area contributed by atoms with Gasteiger partial charge in [-0.25, -0.2) is 4.79 Å². The van der Waals surface area contributed by atoms with Crippen LogP contribution in [0.5, 0.6) is 0 Å². The van der Waals surface area contributed by atoms with Crippen LogP contribution in [0.25, 0.3) is 11.1 Å². The summed E-state index contributed by atoms with van der Waals surface area (Å²) in [5.74, 6) is -0.828. The van der Waals surface area contributed by atoms with Crippen LogP contribution in [0.1, 0.15) is 71.6 Å². The van der Waals surface area contributed by atoms with E-state index in [-0.39, 0.29) is 50.3 Å². The Hall–Kier alpha value is -5.65. The van der Waals surface area contributed by atoms with Crippen LogP contribution in [0.4, 0.5) is 4.79 Å². The van der Waals surface area contributed by atoms with Crippen molar-refractivity contribution in [1.82, 2.24) is 15.1 Å². The average molecular weight is 754 g/mol. The highest BCUT2D eigenvalue weighted by Crippen LogP contribution is 2.39. The number of carbonyl (C=O) groups is 3. The van der Waals surface area contributed by atoms with Crippen LogP contribution in [-0.4, -0.2) is 58.6 Å². The lowest BCUT2D eigenvalue weighted by Gasteiger charge is -2.39. The molecule has 2 aliphatic heterocycles. The Labute approximate surface area is 327 Å². The fraction of sp³-hybridized carbons (Fsp3) is 0.283. The normalized spacial score (nSPS) is 20.2. The van der Waals surface area contributed by atoms with Gasteiger partial charge in [0.05, 0.1) is 31.8 Å². The molecule has 2 saturated heterocycles. The third kappa shape index (κ3) is 9.41. The first kappa shape index (κ1) is 38.6. The number of likely N-dealkylation sites (N-methyl/N-ethyl adjacent to an activating group) is 1. The number of nitrogens with one attached hydrogen (secondary N) is 1. The smallest absolute Gasteiger partial charge is 0.408 e. The fourth-order valence-electron chi connectivity index (χ4n) is 7.26. The number of rotatable bonds is 13. The van der Waals surface area contributed by atoms with Crippen molar-refractivity contribution in [2.24, 2.45) is 0 Å². The van der Waals surface area contributed by atoms with Crippen molar-refractivity contribution in [1.29, 1.82) is 0 Å². The van der Waals surface area contributed by atoms with E-state index in [0.29, 0.717) is 13.0 Å². The van der Waals surface area contributed by atoms with E-state index in [1.165, 1.54) is 10.5 Å². The molecule has 5 atom stereocenters. The molecule has 288 valence electrons. The van der Waals surface area contributed by atoms with Gasteiger partial charge < -0.3 is 24.6 Å². The molecule has 0 spiro atoms. The average Bonchev–Trinajstić information content (AvgIpc) is 3.50. The molecule has 0 bridgehead atoms. The van der Waals surface area contributed by atoms with Crippen LogP contribution in [0.3, 0.4) is 0 Å². The Balaban J connectivity index is 1.04. The molecule has 0 aliphatic carbocycles. The molecule has 7 rings (SSSR count). The molecule has 2 heterocycles. The summed E-state index contributed by atoms with van der Waals surface area (Å²) in [5.41, 5.74) is 7.39. The molecule has 3 amide bonds. The first-order valence-corrected chi connectivity index (χ1v) is 19.0. The van der Waals surface area contributed by atoms with Gasteiger partial charge in [-0.1, -0.05) is 121 Å². The van der Waals surface area contributed by atoms with Crippen molar-refractivity contribution < 1.29 is 33.7 Å². The number of nitrogens with zero attached hydrogens (tertiary/aromatic N) is 2. The second-order valence-corrected chi connectivity index (χ2v) is 14.5. The third-order valence-corrected chi connectivity index (χ3v) is 10.6. The van der Waals surface area contributed by atoms with Gasteiger partial charge in [-0.2, -0.15) is 0 Å². The lowest BCUT2D eigenvalue weighted by molar-refractivity contribution is -0.253. The predicted octanol–water partition coefficient (Wildman–Crippen LogP) is 7.64. The van der Waals surface area contributed by atoms with Crippen LogP contribution in [0.2, 0.25) is 0 Å². The molecule has 2 aliphatic rings. The zero-order valence-electron chi connectivity index (χ0n) is 31.6. The number of ether oxygens (including phenoxy) is 3. The SMILES string of the molecule is C[C@@H](c1ccccc1)N(C)C[C@H]1C[C@@H](c2ccc(CO)cc2)O[C@@H](c2cccc(-c3cccc(CN4C(=O)CC(NC(=O)OCc5ccccc5)C4=O)c3)c2)O1. The number of aliphatic hydroxyl groups excluding tert-OH is 1. The summed E-state index contributed by atoms with van der Waals surface area (Å²) in [5, 5.41) is 12.2. The zero-order chi connectivity index (χ0) is 39.0. The molecule has 56 heavy (non-hydrogen) atoms. The van der Waals surface area contributed by atoms with Gasteiger partial charge in [-0.3, -0.25) is 19.4 Å². The van der Waals surface area contributed by atoms with Crippen molar-refractivity contribution in [3.05, 3.63) is 167 Å². The van der Waals surface area contributed by atoms with Gasteiger partial charge in [-0.05, 0) is 65.0 Å². The van der Waals surface area contributed by atoms with Gasteiger partial charge in [0.15, 0.2) is 6.29 Å². The number of hydrogen-bond donors (Lipinski definition) is 2. The molecule has 10 heteroatoms. The number of carbonyl (C=O) groups excluding carboxylic acids is 3. The van der Waals surface area contributed by atoms with E-state index < -0.39 is 24.3 Å². The van der Waals surface area contributed by atoms with E-state index in [0.717, 1.165) is 38.9 Å². The Morgan fingerprint density at radius 3 is 2.23 bits per heavy atom. The van der Waals surface area contributed by atoms with E-state index in [9.17, 15) is 19.5 Å². The molecular weight excluding hydrogens is 707 g/mol. The van der Waals surface area contributed by atoms with Crippen LogP contribution >= 0.6 is 0 Å². The first-order valence-electron chi connectivity index (χ1n) is 19.0. The number of amides is 3. The van der Waals surface area contributed by atoms with Crippen LogP contribution in [-0.2, 0) is 43.6 Å². The molecular formula is C46H47N3O7. The van der Waals surface area contributed by atoms with Crippen LogP contribution in [0.15, 0.2) is 133 Å². The summed E-state index contributed by atoms with van der Waals surface area (Å²) in [6, 6.07) is 42.5. The summed E-state index contributed by atoms with van der Waals surface area (Å²) in [6.07, 6.45) is -1.19. The summed E-state index contributed by atoms with van der Waals surface area (Å²) in [7, 11) is 2.12. The largest absolute Gasteiger partial charge is 0.445 e. The van der Waals surface area contributed by atoms with Gasteiger partial charge >= 0.3 is 6.09 Å². The van der Waals surface area contributed by atoms with Crippen molar-refractivity contribution in [3.63, 3.8) is 0 Å². The minimum atomic E-state index is -0.984. The topological polar surface area (TPSA) is 118 Å². The Morgan fingerprint density at radius 2 is 1.50 bits per heavy atom. The predicted molar refractivity (Wildman–Crippen MR) is 212 cm³/mol. The maximum absolute atomic E-state index is 13.3. The molecule has 2 fully saturated rings. The minimum absolute atomic E-state index is 0.0231. The fourth-order valence-corrected chi connectivity index (χ4v) is 7.26. The Bertz CT molecular complexity index is 2110. The quantitative estimate of drug-likeness (QED) is 0.118. The molecule has 0 aromatic heterocycles. The number of imide groups is 1. The molecule has 10 nitrogen and oxygen atoms in total. The summed E-state index contributed by atoms with van der Waals surface area (Å²) >= 11 is 0. The highest BCUT2D eigenvalue weighted by Gasteiger charge is 2.40. The van der Waals surface area contributed by atoms with Gasteiger partial charge in [0, 0.05) is 24.6 Å². The van der Waals surface area contributed by atoms with Gasteiger partial charge in [0.25, 0.3) is 5.91 Å². The van der Waals surface area contributed by atoms with E-state index in [1.807, 2.05) is 103 Å². The standard InChI is InChI=1S/C46H47N3O7/c1-31(35-14-7-4-8-15-35)48(2)28-40-25-42(36-21-19-32(29-50)20-22-36)56-45(55-40)39-18-10-17-38(24-39)37-16-9-13-34(23-37)27-49-43(51)26-41(44(49)52)47-46(53)54-30-33-11-5-3-6-12-33/h3-24,31,40-42,45,50H,25-30H2,1-2H3,(H,47,53)/t31-,40+,41?,42-,45-/m0/s1. The summed E-state index contributed by atoms with van der Waals surface area (Å²) < 4.78 is 18.6. The second-order valence-electron chi connectivity index (χ2n) is 14.5. The number of hydrogen-bond acceptors (Lipinski definition) is 8. The van der Waals surface area contributed by atoms with Gasteiger partial charge in [0.1, 0.15) is 12.6 Å². The third-order valence-electron chi connectivity index (χ3n) is 10.6. The second kappa shape index (κ2) is 17.9. The van der Waals surface area contributed by atoms with Crippen molar-refractivity contribution in [2.75, 3.05) is 13.6 Å². The molecule has 2 N–H and O–H groups in total. The lowest BCUT2D eigenvalue weighted by Crippen LogP contribution is -2.41. The number of aliphatic hydroxyl groups is 1. The maximum atomic E-state index is 13.3. The van der Waals surface area contributed by atoms with Gasteiger partial charge in [0.2, 0.25) is 5.91 Å². The van der Waals surface area contributed by atoms with Crippen LogP contribution < -0.4 is 5.32 Å². The Kier molecular flexibility index (Phi) is 12.3. The maximum Gasteiger partial charge on any atom is 0.408 e. The lowest BCUT2D eigenvalue weighted by atomic mass is 9.98. The number of benzene rings is 5. The van der Waals surface area contributed by atoms with E-state index in [1.54, 1.807) is 0 Å². The first-order chi connectivity index (χ1) is 27.2. The monoisotopic (exact) mass is 753 g/mol. The van der Waals surface area contributed by atoms with Crippen LogP contribution in [0, 0.1) is 0 Å². The number of alkyl carbamates (subject to hydrolysis) is 1. The van der Waals surface area contributed by atoms with Crippen molar-refractivity contribution in [2.45, 2.75) is 70.1 Å². The summed E-state index contributed by atoms with van der Waals surface area (Å²) in [4.78, 5) is 42.2. The molecule has 1 unspecified atom stereocenters. The highest BCUT2D eigenvalue weighted by molar-refractivity contribution is 6.06. The minimum Gasteiger partial charge on any atom is -0.445 e. The summed E-state index contributed by atoms with van der Waals surface area (Å²) in [6.45, 7) is 3.01. The van der Waals surface area contributed by atoms with Crippen molar-refractivity contribution >= 4 is 17.9 Å². The molecule has 0 saturated carbocycles. The van der Waals surface area contributed by atoms with E-state index >= 15 is 0 Å².